The summed E-state index contributed by atoms with van der Waals surface area (Å²) in [6.45, 7) is 1.32. The van der Waals surface area contributed by atoms with Crippen molar-refractivity contribution < 1.29 is 32.6 Å². The van der Waals surface area contributed by atoms with E-state index in [9.17, 15) is 22.8 Å². The molecule has 7 nitrogen and oxygen atoms in total. The number of morpholine rings is 1. The van der Waals surface area contributed by atoms with E-state index in [1.165, 1.54) is 12.1 Å². The molecule has 1 atom stereocenters. The van der Waals surface area contributed by atoms with Gasteiger partial charge in [-0.2, -0.15) is 18.3 Å². The first kappa shape index (κ1) is 18.9. The molecule has 3 rings (SSSR count). The van der Waals surface area contributed by atoms with Crippen LogP contribution < -0.4 is 0 Å². The largest absolute Gasteiger partial charge is 0.479 e. The maximum Gasteiger partial charge on any atom is 0.434 e. The minimum Gasteiger partial charge on any atom is -0.479 e. The van der Waals surface area contributed by atoms with Crippen molar-refractivity contribution in [3.63, 3.8) is 0 Å². The van der Waals surface area contributed by atoms with Gasteiger partial charge < -0.3 is 14.7 Å². The van der Waals surface area contributed by atoms with Crippen molar-refractivity contribution in [2.45, 2.75) is 19.2 Å². The molecule has 1 aliphatic heterocycles. The predicted molar refractivity (Wildman–Crippen MR) is 86.6 cm³/mol. The zero-order valence-electron chi connectivity index (χ0n) is 14.2. The molecule has 0 saturated carbocycles. The standard InChI is InChI=1S/C17H16F3N3O4/c1-10-3-2-4-11(7-10)23-14(17(18,19)20)12(8-21-23)15(24)22-5-6-27-13(9-22)16(25)26/h2-4,7-8,13H,5-6,9H2,1H3,(H,25,26). The summed E-state index contributed by atoms with van der Waals surface area (Å²) >= 11 is 0. The van der Waals surface area contributed by atoms with Gasteiger partial charge in [0.05, 0.1) is 30.6 Å². The number of hydrogen-bond donors (Lipinski definition) is 1. The zero-order valence-corrected chi connectivity index (χ0v) is 14.2. The van der Waals surface area contributed by atoms with Crippen LogP contribution in [0.3, 0.4) is 0 Å². The third-order valence-corrected chi connectivity index (χ3v) is 4.14. The average Bonchev–Trinajstić information content (AvgIpc) is 3.06. The van der Waals surface area contributed by atoms with E-state index < -0.39 is 35.4 Å². The summed E-state index contributed by atoms with van der Waals surface area (Å²) in [7, 11) is 0. The molecule has 144 valence electrons. The Morgan fingerprint density at radius 3 is 2.70 bits per heavy atom. The lowest BCUT2D eigenvalue weighted by Gasteiger charge is -2.31. The smallest absolute Gasteiger partial charge is 0.434 e. The molecule has 0 spiro atoms. The van der Waals surface area contributed by atoms with E-state index in [2.05, 4.69) is 5.10 Å². The quantitative estimate of drug-likeness (QED) is 0.878. The fourth-order valence-electron chi connectivity index (χ4n) is 2.89. The van der Waals surface area contributed by atoms with Crippen LogP contribution in [0.4, 0.5) is 13.2 Å². The topological polar surface area (TPSA) is 84.7 Å². The van der Waals surface area contributed by atoms with Crippen LogP contribution in [-0.2, 0) is 15.7 Å². The second kappa shape index (κ2) is 7.03. The molecule has 0 radical (unpaired) electrons. The van der Waals surface area contributed by atoms with Crippen molar-refractivity contribution in [3.05, 3.63) is 47.3 Å². The second-order valence-corrected chi connectivity index (χ2v) is 6.10. The molecule has 2 heterocycles. The van der Waals surface area contributed by atoms with Gasteiger partial charge in [-0.1, -0.05) is 12.1 Å². The number of nitrogens with zero attached hydrogens (tertiary/aromatic N) is 3. The number of carbonyl (C=O) groups is 2. The number of aromatic nitrogens is 2. The molecule has 0 bridgehead atoms. The zero-order chi connectivity index (χ0) is 19.8. The summed E-state index contributed by atoms with van der Waals surface area (Å²) in [6, 6.07) is 6.30. The predicted octanol–water partition coefficient (Wildman–Crippen LogP) is 2.13. The van der Waals surface area contributed by atoms with Crippen LogP contribution in [0.25, 0.3) is 5.69 Å². The molecule has 1 aromatic heterocycles. The number of benzene rings is 1. The lowest BCUT2D eigenvalue weighted by molar-refractivity contribution is -0.154. The molecule has 10 heteroatoms. The third-order valence-electron chi connectivity index (χ3n) is 4.14. The van der Waals surface area contributed by atoms with Crippen LogP contribution in [0.1, 0.15) is 21.6 Å². The normalized spacial score (nSPS) is 17.8. The van der Waals surface area contributed by atoms with E-state index in [1.54, 1.807) is 19.1 Å². The lowest BCUT2D eigenvalue weighted by atomic mass is 10.1. The highest BCUT2D eigenvalue weighted by Crippen LogP contribution is 2.34. The van der Waals surface area contributed by atoms with Crippen LogP contribution in [0.5, 0.6) is 0 Å². The van der Waals surface area contributed by atoms with Gasteiger partial charge in [0.1, 0.15) is 0 Å². The molecule has 1 amide bonds. The van der Waals surface area contributed by atoms with Crippen LogP contribution in [0, 0.1) is 6.92 Å². The van der Waals surface area contributed by atoms with Gasteiger partial charge in [0.2, 0.25) is 0 Å². The summed E-state index contributed by atoms with van der Waals surface area (Å²) < 4.78 is 46.8. The van der Waals surface area contributed by atoms with Gasteiger partial charge in [0.15, 0.2) is 11.8 Å². The summed E-state index contributed by atoms with van der Waals surface area (Å²) in [5.41, 5.74) is -0.917. The number of carboxylic acid groups (broad SMARTS) is 1. The van der Waals surface area contributed by atoms with Gasteiger partial charge >= 0.3 is 12.1 Å². The molecule has 27 heavy (non-hydrogen) atoms. The van der Waals surface area contributed by atoms with E-state index in [0.29, 0.717) is 4.68 Å². The molecule has 1 N–H and O–H groups in total. The minimum absolute atomic E-state index is 0.00443. The summed E-state index contributed by atoms with van der Waals surface area (Å²) in [6.07, 6.45) is -5.24. The molecular weight excluding hydrogens is 367 g/mol. The highest BCUT2D eigenvalue weighted by molar-refractivity contribution is 5.96. The number of carbonyl (C=O) groups excluding carboxylic acids is 1. The van der Waals surface area contributed by atoms with Crippen molar-refractivity contribution in [3.8, 4) is 5.69 Å². The molecule has 1 aliphatic rings. The van der Waals surface area contributed by atoms with Crippen molar-refractivity contribution in [1.29, 1.82) is 0 Å². The molecule has 1 unspecified atom stereocenters. The van der Waals surface area contributed by atoms with Crippen LogP contribution in [0.2, 0.25) is 0 Å². The van der Waals surface area contributed by atoms with Crippen molar-refractivity contribution >= 4 is 11.9 Å². The maximum absolute atomic E-state index is 13.7. The van der Waals surface area contributed by atoms with Crippen LogP contribution in [-0.4, -0.2) is 57.5 Å². The summed E-state index contributed by atoms with van der Waals surface area (Å²) in [5.74, 6) is -2.21. The van der Waals surface area contributed by atoms with Gasteiger partial charge in [0, 0.05) is 6.54 Å². The Bertz CT molecular complexity index is 879. The average molecular weight is 383 g/mol. The number of halogens is 3. The first-order valence-corrected chi connectivity index (χ1v) is 8.04. The van der Waals surface area contributed by atoms with E-state index >= 15 is 0 Å². The Labute approximate surface area is 151 Å². The number of hydrogen-bond acceptors (Lipinski definition) is 4. The Kier molecular flexibility index (Phi) is 4.92. The van der Waals surface area contributed by atoms with Gasteiger partial charge in [-0.3, -0.25) is 4.79 Å². The lowest BCUT2D eigenvalue weighted by Crippen LogP contribution is -2.48. The molecule has 1 saturated heterocycles. The Morgan fingerprint density at radius 1 is 1.33 bits per heavy atom. The number of amides is 1. The van der Waals surface area contributed by atoms with Crippen LogP contribution >= 0.6 is 0 Å². The second-order valence-electron chi connectivity index (χ2n) is 6.10. The number of ether oxygens (including phenoxy) is 1. The fraction of sp³-hybridized carbons (Fsp3) is 0.353. The van der Waals surface area contributed by atoms with E-state index in [0.717, 1.165) is 16.7 Å². The van der Waals surface area contributed by atoms with E-state index in [4.69, 9.17) is 9.84 Å². The molecule has 1 aromatic carbocycles. The van der Waals surface area contributed by atoms with Gasteiger partial charge in [-0.15, -0.1) is 0 Å². The van der Waals surface area contributed by atoms with Gasteiger partial charge in [-0.25, -0.2) is 9.48 Å². The van der Waals surface area contributed by atoms with Crippen molar-refractivity contribution in [2.24, 2.45) is 0 Å². The Hall–Kier alpha value is -2.88. The number of aryl methyl sites for hydroxylation is 1. The first-order chi connectivity index (χ1) is 12.7. The summed E-state index contributed by atoms with van der Waals surface area (Å²) in [5, 5.41) is 12.8. The number of rotatable bonds is 3. The Balaban J connectivity index is 2.01. The van der Waals surface area contributed by atoms with E-state index in [1.807, 2.05) is 0 Å². The molecule has 0 aliphatic carbocycles. The maximum atomic E-state index is 13.7. The Morgan fingerprint density at radius 2 is 2.07 bits per heavy atom. The van der Waals surface area contributed by atoms with Crippen molar-refractivity contribution in [2.75, 3.05) is 19.7 Å². The summed E-state index contributed by atoms with van der Waals surface area (Å²) in [4.78, 5) is 24.8. The van der Waals surface area contributed by atoms with Crippen molar-refractivity contribution in [1.82, 2.24) is 14.7 Å². The minimum atomic E-state index is -4.83. The highest BCUT2D eigenvalue weighted by atomic mass is 19.4. The SMILES string of the molecule is Cc1cccc(-n2ncc(C(=O)N3CCOC(C(=O)O)C3)c2C(F)(F)F)c1. The fourth-order valence-corrected chi connectivity index (χ4v) is 2.89. The van der Waals surface area contributed by atoms with E-state index in [-0.39, 0.29) is 25.4 Å². The number of aliphatic carboxylic acids is 1. The van der Waals surface area contributed by atoms with Gasteiger partial charge in [0.25, 0.3) is 5.91 Å². The third kappa shape index (κ3) is 3.80. The van der Waals surface area contributed by atoms with Gasteiger partial charge in [-0.05, 0) is 24.6 Å². The van der Waals surface area contributed by atoms with Crippen LogP contribution in [0.15, 0.2) is 30.5 Å². The number of alkyl halides is 3. The highest BCUT2D eigenvalue weighted by Gasteiger charge is 2.42. The molecule has 1 fully saturated rings. The number of carboxylic acids is 1. The molecular formula is C17H16F3N3O4. The monoisotopic (exact) mass is 383 g/mol. The molecule has 2 aromatic rings. The first-order valence-electron chi connectivity index (χ1n) is 8.04.